The maximum atomic E-state index is 11.9. The fourth-order valence-corrected chi connectivity index (χ4v) is 1.84. The SMILES string of the molecule is C[C@H](Oc1ccc(Cl)cc1)C(=O)N/N=C\c1ccc([N+](=O)[O-])cc1. The minimum atomic E-state index is -0.750. The second kappa shape index (κ2) is 8.07. The standard InChI is InChI=1S/C16H14ClN3O4/c1-11(24-15-8-4-13(17)5-9-15)16(21)19-18-10-12-2-6-14(7-3-12)20(22)23/h2-11H,1H3,(H,19,21)/b18-10-/t11-/m0/s1. The number of hydrazone groups is 1. The zero-order chi connectivity index (χ0) is 17.5. The third kappa shape index (κ3) is 5.06. The molecule has 0 aromatic heterocycles. The van der Waals surface area contributed by atoms with Gasteiger partial charge in [0.2, 0.25) is 0 Å². The van der Waals surface area contributed by atoms with Gasteiger partial charge in [0.25, 0.3) is 11.6 Å². The molecule has 2 aromatic carbocycles. The smallest absolute Gasteiger partial charge is 0.280 e. The van der Waals surface area contributed by atoms with Crippen molar-refractivity contribution in [3.8, 4) is 5.75 Å². The monoisotopic (exact) mass is 347 g/mol. The second-order valence-electron chi connectivity index (χ2n) is 4.80. The fourth-order valence-electron chi connectivity index (χ4n) is 1.71. The van der Waals surface area contributed by atoms with Crippen molar-refractivity contribution >= 4 is 29.4 Å². The Balaban J connectivity index is 1.87. The number of non-ortho nitro benzene ring substituents is 1. The molecule has 2 rings (SSSR count). The lowest BCUT2D eigenvalue weighted by atomic mass is 10.2. The van der Waals surface area contributed by atoms with Crippen molar-refractivity contribution in [2.24, 2.45) is 5.10 Å². The Bertz CT molecular complexity index is 745. The number of carbonyl (C=O) groups is 1. The lowest BCUT2D eigenvalue weighted by molar-refractivity contribution is -0.384. The molecule has 0 fully saturated rings. The van der Waals surface area contributed by atoms with E-state index >= 15 is 0 Å². The Morgan fingerprint density at radius 2 is 1.88 bits per heavy atom. The van der Waals surface area contributed by atoms with Gasteiger partial charge in [-0.15, -0.1) is 0 Å². The molecule has 1 amide bonds. The third-order valence-corrected chi connectivity index (χ3v) is 3.24. The Morgan fingerprint density at radius 1 is 1.25 bits per heavy atom. The summed E-state index contributed by atoms with van der Waals surface area (Å²) in [5.74, 6) is 0.0875. The number of halogens is 1. The molecule has 1 atom stereocenters. The van der Waals surface area contributed by atoms with Crippen LogP contribution in [0.2, 0.25) is 5.02 Å². The first-order chi connectivity index (χ1) is 11.5. The van der Waals surface area contributed by atoms with Crippen LogP contribution in [0.1, 0.15) is 12.5 Å². The fraction of sp³-hybridized carbons (Fsp3) is 0.125. The summed E-state index contributed by atoms with van der Waals surface area (Å²) in [6, 6.07) is 12.4. The Labute approximate surface area is 143 Å². The maximum absolute atomic E-state index is 11.9. The lowest BCUT2D eigenvalue weighted by Crippen LogP contribution is -2.33. The molecule has 8 heteroatoms. The van der Waals surface area contributed by atoms with E-state index in [2.05, 4.69) is 10.5 Å². The van der Waals surface area contributed by atoms with Crippen molar-refractivity contribution in [1.29, 1.82) is 0 Å². The van der Waals surface area contributed by atoms with E-state index in [9.17, 15) is 14.9 Å². The van der Waals surface area contributed by atoms with E-state index in [1.165, 1.54) is 30.5 Å². The first-order valence-electron chi connectivity index (χ1n) is 6.95. The third-order valence-electron chi connectivity index (χ3n) is 2.99. The predicted octanol–water partition coefficient (Wildman–Crippen LogP) is 3.17. The summed E-state index contributed by atoms with van der Waals surface area (Å²) in [5, 5.41) is 14.9. The van der Waals surface area contributed by atoms with E-state index in [0.717, 1.165) is 0 Å². The van der Waals surface area contributed by atoms with E-state index in [4.69, 9.17) is 16.3 Å². The number of amides is 1. The Morgan fingerprint density at radius 3 is 2.46 bits per heavy atom. The molecule has 24 heavy (non-hydrogen) atoms. The zero-order valence-corrected chi connectivity index (χ0v) is 13.4. The van der Waals surface area contributed by atoms with Crippen LogP contribution < -0.4 is 10.2 Å². The van der Waals surface area contributed by atoms with Crippen LogP contribution in [0.3, 0.4) is 0 Å². The summed E-state index contributed by atoms with van der Waals surface area (Å²) >= 11 is 5.77. The van der Waals surface area contributed by atoms with Gasteiger partial charge in [-0.25, -0.2) is 5.43 Å². The average molecular weight is 348 g/mol. The summed E-state index contributed by atoms with van der Waals surface area (Å²) in [4.78, 5) is 21.9. The molecule has 2 aromatic rings. The number of hydrogen-bond donors (Lipinski definition) is 1. The van der Waals surface area contributed by atoms with Crippen molar-refractivity contribution in [3.63, 3.8) is 0 Å². The minimum Gasteiger partial charge on any atom is -0.481 e. The van der Waals surface area contributed by atoms with Crippen LogP contribution in [0, 0.1) is 10.1 Å². The molecule has 7 nitrogen and oxygen atoms in total. The molecule has 124 valence electrons. The second-order valence-corrected chi connectivity index (χ2v) is 5.23. The molecule has 0 aliphatic rings. The number of hydrogen-bond acceptors (Lipinski definition) is 5. The Hall–Kier alpha value is -2.93. The molecular formula is C16H14ClN3O4. The lowest BCUT2D eigenvalue weighted by Gasteiger charge is -2.12. The van der Waals surface area contributed by atoms with E-state index in [1.54, 1.807) is 31.2 Å². The first-order valence-corrected chi connectivity index (χ1v) is 7.33. The molecule has 0 bridgehead atoms. The highest BCUT2D eigenvalue weighted by Gasteiger charge is 2.13. The number of nitrogens with one attached hydrogen (secondary N) is 1. The maximum Gasteiger partial charge on any atom is 0.280 e. The van der Waals surface area contributed by atoms with E-state index < -0.39 is 16.9 Å². The van der Waals surface area contributed by atoms with Gasteiger partial charge in [-0.2, -0.15) is 5.10 Å². The highest BCUT2D eigenvalue weighted by atomic mass is 35.5. The molecule has 1 N–H and O–H groups in total. The number of carbonyl (C=O) groups excluding carboxylic acids is 1. The number of nitrogens with zero attached hydrogens (tertiary/aromatic N) is 2. The van der Waals surface area contributed by atoms with Crippen molar-refractivity contribution in [3.05, 3.63) is 69.2 Å². The normalized spacial score (nSPS) is 11.9. The van der Waals surface area contributed by atoms with Gasteiger partial charge in [0.15, 0.2) is 6.10 Å². The molecule has 0 heterocycles. The average Bonchev–Trinajstić information content (AvgIpc) is 2.57. The van der Waals surface area contributed by atoms with Crippen LogP contribution in [0.5, 0.6) is 5.75 Å². The minimum absolute atomic E-state index is 0.0128. The summed E-state index contributed by atoms with van der Waals surface area (Å²) in [6.07, 6.45) is 0.636. The summed E-state index contributed by atoms with van der Waals surface area (Å²) in [6.45, 7) is 1.59. The molecule has 0 spiro atoms. The molecule has 0 aliphatic heterocycles. The van der Waals surface area contributed by atoms with Gasteiger partial charge in [-0.3, -0.25) is 14.9 Å². The van der Waals surface area contributed by atoms with Crippen LogP contribution in [0.25, 0.3) is 0 Å². The quantitative estimate of drug-likeness (QED) is 0.493. The van der Waals surface area contributed by atoms with Gasteiger partial charge in [0.05, 0.1) is 11.1 Å². The molecule has 0 saturated heterocycles. The summed E-state index contributed by atoms with van der Waals surface area (Å²) in [5.41, 5.74) is 2.95. The highest BCUT2D eigenvalue weighted by molar-refractivity contribution is 6.30. The van der Waals surface area contributed by atoms with Crippen LogP contribution >= 0.6 is 11.6 Å². The molecular weight excluding hydrogens is 334 g/mol. The number of nitro groups is 1. The van der Waals surface area contributed by atoms with Crippen LogP contribution in [-0.2, 0) is 4.79 Å². The number of nitro benzene ring substituents is 1. The van der Waals surface area contributed by atoms with Gasteiger partial charge in [0, 0.05) is 17.2 Å². The molecule has 0 aliphatic carbocycles. The number of rotatable bonds is 6. The molecule has 0 unspecified atom stereocenters. The van der Waals surface area contributed by atoms with Gasteiger partial charge < -0.3 is 4.74 Å². The Kier molecular flexibility index (Phi) is 5.86. The van der Waals surface area contributed by atoms with E-state index in [1.807, 2.05) is 0 Å². The summed E-state index contributed by atoms with van der Waals surface area (Å²) in [7, 11) is 0. The van der Waals surface area contributed by atoms with Crippen LogP contribution in [-0.4, -0.2) is 23.1 Å². The number of ether oxygens (including phenoxy) is 1. The van der Waals surface area contributed by atoms with Crippen molar-refractivity contribution in [2.45, 2.75) is 13.0 Å². The van der Waals surface area contributed by atoms with E-state index in [0.29, 0.717) is 16.3 Å². The largest absolute Gasteiger partial charge is 0.481 e. The van der Waals surface area contributed by atoms with Crippen molar-refractivity contribution in [2.75, 3.05) is 0 Å². The van der Waals surface area contributed by atoms with Gasteiger partial charge in [0.1, 0.15) is 5.75 Å². The van der Waals surface area contributed by atoms with Crippen molar-refractivity contribution < 1.29 is 14.5 Å². The van der Waals surface area contributed by atoms with Gasteiger partial charge in [-0.1, -0.05) is 11.6 Å². The highest BCUT2D eigenvalue weighted by Crippen LogP contribution is 2.16. The van der Waals surface area contributed by atoms with Gasteiger partial charge >= 0.3 is 0 Å². The first kappa shape index (κ1) is 17.4. The van der Waals surface area contributed by atoms with Crippen LogP contribution in [0.4, 0.5) is 5.69 Å². The number of benzene rings is 2. The topological polar surface area (TPSA) is 93.8 Å². The zero-order valence-electron chi connectivity index (χ0n) is 12.7. The van der Waals surface area contributed by atoms with Crippen molar-refractivity contribution in [1.82, 2.24) is 5.43 Å². The molecule has 0 saturated carbocycles. The van der Waals surface area contributed by atoms with Gasteiger partial charge in [-0.05, 0) is 48.9 Å². The van der Waals surface area contributed by atoms with Crippen LogP contribution in [0.15, 0.2) is 53.6 Å². The molecule has 0 radical (unpaired) electrons. The van der Waals surface area contributed by atoms with E-state index in [-0.39, 0.29) is 5.69 Å². The summed E-state index contributed by atoms with van der Waals surface area (Å²) < 4.78 is 5.46. The predicted molar refractivity (Wildman–Crippen MR) is 90.4 cm³/mol.